The van der Waals surface area contributed by atoms with Crippen LogP contribution in [-0.4, -0.2) is 17.6 Å². The third-order valence-electron chi connectivity index (χ3n) is 4.77. The van der Waals surface area contributed by atoms with Gasteiger partial charge in [0.1, 0.15) is 23.8 Å². The van der Waals surface area contributed by atoms with Crippen molar-refractivity contribution in [2.75, 3.05) is 5.32 Å². The summed E-state index contributed by atoms with van der Waals surface area (Å²) in [5.74, 6) is -3.32. The fourth-order valence-corrected chi connectivity index (χ4v) is 3.36. The summed E-state index contributed by atoms with van der Waals surface area (Å²) in [6.07, 6.45) is 1.54. The number of carbonyl (C=O) groups is 2. The largest absolute Gasteiger partial charge is 0.391 e. The SMILES string of the molecule is CCCC(=NOCc1ccc(NC(=O)NC(=O)c2c(F)cccc2F)cc1)c1ccc(Cl)c(Cl)c1. The molecule has 0 radical (unpaired) electrons. The average molecular weight is 520 g/mol. The normalized spacial score (nSPS) is 11.2. The molecule has 0 saturated carbocycles. The van der Waals surface area contributed by atoms with Gasteiger partial charge in [-0.2, -0.15) is 0 Å². The molecule has 0 saturated heterocycles. The first-order valence-electron chi connectivity index (χ1n) is 10.6. The highest BCUT2D eigenvalue weighted by atomic mass is 35.5. The Hall–Kier alpha value is -3.49. The number of carbonyl (C=O) groups excluding carboxylic acids is 2. The van der Waals surface area contributed by atoms with Crippen molar-refractivity contribution < 1.29 is 23.2 Å². The van der Waals surface area contributed by atoms with Gasteiger partial charge >= 0.3 is 6.03 Å². The number of rotatable bonds is 8. The molecule has 3 amide bonds. The molecule has 3 rings (SSSR count). The van der Waals surface area contributed by atoms with E-state index in [1.807, 2.05) is 18.3 Å². The highest BCUT2D eigenvalue weighted by Gasteiger charge is 2.19. The topological polar surface area (TPSA) is 79.8 Å². The van der Waals surface area contributed by atoms with E-state index in [-0.39, 0.29) is 6.61 Å². The zero-order valence-electron chi connectivity index (χ0n) is 18.6. The molecular formula is C25H21Cl2F2N3O3. The van der Waals surface area contributed by atoms with Gasteiger partial charge in [0, 0.05) is 11.3 Å². The van der Waals surface area contributed by atoms with Crippen molar-refractivity contribution in [3.8, 4) is 0 Å². The average Bonchev–Trinajstić information content (AvgIpc) is 2.81. The third kappa shape index (κ3) is 7.24. The standard InChI is InChI=1S/C25H21Cl2F2N3O3/c1-2-4-22(16-9-12-18(26)19(27)13-16)32-35-14-15-7-10-17(11-8-15)30-25(34)31-24(33)23-20(28)5-3-6-21(23)29/h3,5-13H,2,4,14H2,1H3,(H2,30,31,33,34). The zero-order chi connectivity index (χ0) is 25.4. The fraction of sp³-hybridized carbons (Fsp3) is 0.160. The van der Waals surface area contributed by atoms with Gasteiger partial charge in [0.15, 0.2) is 0 Å². The quantitative estimate of drug-likeness (QED) is 0.249. The first kappa shape index (κ1) is 26.1. The van der Waals surface area contributed by atoms with Crippen molar-refractivity contribution in [1.82, 2.24) is 5.32 Å². The van der Waals surface area contributed by atoms with Crippen molar-refractivity contribution >= 4 is 46.5 Å². The molecule has 182 valence electrons. The van der Waals surface area contributed by atoms with Crippen LogP contribution in [0.4, 0.5) is 19.3 Å². The number of benzene rings is 3. The van der Waals surface area contributed by atoms with Crippen molar-refractivity contribution in [2.45, 2.75) is 26.4 Å². The van der Waals surface area contributed by atoms with E-state index in [0.29, 0.717) is 22.2 Å². The molecule has 0 atom stereocenters. The summed E-state index contributed by atoms with van der Waals surface area (Å²) in [7, 11) is 0. The lowest BCUT2D eigenvalue weighted by atomic mass is 10.1. The summed E-state index contributed by atoms with van der Waals surface area (Å²) in [6, 6.07) is 13.9. The van der Waals surface area contributed by atoms with Crippen LogP contribution in [0.2, 0.25) is 10.0 Å². The molecule has 0 bridgehead atoms. The molecule has 3 aromatic rings. The Bertz CT molecular complexity index is 1230. The van der Waals surface area contributed by atoms with E-state index in [1.54, 1.807) is 36.4 Å². The number of anilines is 1. The molecule has 0 unspecified atom stereocenters. The van der Waals surface area contributed by atoms with E-state index in [1.165, 1.54) is 0 Å². The second kappa shape index (κ2) is 12.3. The lowest BCUT2D eigenvalue weighted by Gasteiger charge is -2.09. The van der Waals surface area contributed by atoms with Crippen molar-refractivity contribution in [2.24, 2.45) is 5.16 Å². The Morgan fingerprint density at radius 3 is 2.29 bits per heavy atom. The van der Waals surface area contributed by atoms with Gasteiger partial charge in [-0.05, 0) is 48.4 Å². The molecule has 0 fully saturated rings. The van der Waals surface area contributed by atoms with Gasteiger partial charge in [-0.25, -0.2) is 13.6 Å². The van der Waals surface area contributed by atoms with Crippen LogP contribution in [0.3, 0.4) is 0 Å². The van der Waals surface area contributed by atoms with Crippen LogP contribution >= 0.6 is 23.2 Å². The minimum atomic E-state index is -1.19. The minimum absolute atomic E-state index is 0.173. The number of urea groups is 1. The van der Waals surface area contributed by atoms with Crippen LogP contribution in [-0.2, 0) is 11.4 Å². The number of oxime groups is 1. The maximum absolute atomic E-state index is 13.7. The van der Waals surface area contributed by atoms with E-state index < -0.39 is 29.1 Å². The number of imide groups is 1. The molecule has 3 aromatic carbocycles. The van der Waals surface area contributed by atoms with Crippen molar-refractivity contribution in [3.63, 3.8) is 0 Å². The molecular weight excluding hydrogens is 499 g/mol. The number of hydrogen-bond acceptors (Lipinski definition) is 4. The Kier molecular flexibility index (Phi) is 9.17. The summed E-state index contributed by atoms with van der Waals surface area (Å²) in [6.45, 7) is 2.20. The van der Waals surface area contributed by atoms with E-state index >= 15 is 0 Å². The van der Waals surface area contributed by atoms with Crippen LogP contribution in [0.1, 0.15) is 41.3 Å². The minimum Gasteiger partial charge on any atom is -0.391 e. The van der Waals surface area contributed by atoms with Crippen molar-refractivity contribution in [1.29, 1.82) is 0 Å². The molecule has 10 heteroatoms. The van der Waals surface area contributed by atoms with Crippen LogP contribution in [0.5, 0.6) is 0 Å². The van der Waals surface area contributed by atoms with E-state index in [9.17, 15) is 18.4 Å². The Morgan fingerprint density at radius 2 is 1.66 bits per heavy atom. The predicted octanol–water partition coefficient (Wildman–Crippen LogP) is 6.95. The van der Waals surface area contributed by atoms with Gasteiger partial charge in [0.25, 0.3) is 5.91 Å². The molecule has 0 spiro atoms. The summed E-state index contributed by atoms with van der Waals surface area (Å²) in [4.78, 5) is 29.5. The lowest BCUT2D eigenvalue weighted by molar-refractivity contribution is 0.0959. The second-order valence-electron chi connectivity index (χ2n) is 7.39. The molecule has 2 N–H and O–H groups in total. The zero-order valence-corrected chi connectivity index (χ0v) is 20.1. The van der Waals surface area contributed by atoms with E-state index in [2.05, 4.69) is 10.5 Å². The Labute approximate surface area is 210 Å². The summed E-state index contributed by atoms with van der Waals surface area (Å²) < 4.78 is 27.4. The highest BCUT2D eigenvalue weighted by molar-refractivity contribution is 6.42. The van der Waals surface area contributed by atoms with E-state index in [4.69, 9.17) is 28.0 Å². The lowest BCUT2D eigenvalue weighted by Crippen LogP contribution is -2.35. The Balaban J connectivity index is 1.57. The van der Waals surface area contributed by atoms with Crippen LogP contribution in [0.25, 0.3) is 0 Å². The van der Waals surface area contributed by atoms with Crippen molar-refractivity contribution in [3.05, 3.63) is 99.0 Å². The Morgan fingerprint density at radius 1 is 0.971 bits per heavy atom. The number of amides is 3. The van der Waals surface area contributed by atoms with Gasteiger partial charge in [-0.3, -0.25) is 10.1 Å². The highest BCUT2D eigenvalue weighted by Crippen LogP contribution is 2.24. The second-order valence-corrected chi connectivity index (χ2v) is 8.21. The van der Waals surface area contributed by atoms with Gasteiger partial charge in [-0.15, -0.1) is 0 Å². The molecule has 6 nitrogen and oxygen atoms in total. The monoisotopic (exact) mass is 519 g/mol. The molecule has 0 aliphatic carbocycles. The van der Waals surface area contributed by atoms with Gasteiger partial charge in [0.05, 0.1) is 15.8 Å². The first-order valence-corrected chi connectivity index (χ1v) is 11.3. The number of nitrogens with one attached hydrogen (secondary N) is 2. The fourth-order valence-electron chi connectivity index (χ4n) is 3.07. The molecule has 0 heterocycles. The molecule has 35 heavy (non-hydrogen) atoms. The van der Waals surface area contributed by atoms with Gasteiger partial charge < -0.3 is 10.2 Å². The summed E-state index contributed by atoms with van der Waals surface area (Å²) in [5, 5.41) is 9.44. The molecule has 0 aliphatic heterocycles. The maximum Gasteiger partial charge on any atom is 0.326 e. The maximum atomic E-state index is 13.7. The van der Waals surface area contributed by atoms with E-state index in [0.717, 1.165) is 41.5 Å². The molecule has 0 aromatic heterocycles. The molecule has 0 aliphatic rings. The third-order valence-corrected chi connectivity index (χ3v) is 5.51. The number of hydrogen-bond donors (Lipinski definition) is 2. The van der Waals surface area contributed by atoms with Crippen LogP contribution < -0.4 is 10.6 Å². The first-order chi connectivity index (χ1) is 16.8. The predicted molar refractivity (Wildman–Crippen MR) is 132 cm³/mol. The van der Waals surface area contributed by atoms with Crippen LogP contribution in [0.15, 0.2) is 65.8 Å². The number of nitrogens with zero attached hydrogens (tertiary/aromatic N) is 1. The van der Waals surface area contributed by atoms with Crippen LogP contribution in [0, 0.1) is 11.6 Å². The smallest absolute Gasteiger partial charge is 0.326 e. The summed E-state index contributed by atoms with van der Waals surface area (Å²) in [5.41, 5.74) is 1.85. The van der Waals surface area contributed by atoms with Gasteiger partial charge in [-0.1, -0.05) is 66.0 Å². The summed E-state index contributed by atoms with van der Waals surface area (Å²) >= 11 is 12.1. The number of halogens is 4. The van der Waals surface area contributed by atoms with Gasteiger partial charge in [0.2, 0.25) is 0 Å².